The van der Waals surface area contributed by atoms with Crippen LogP contribution in [0.15, 0.2) is 0 Å². The maximum atomic E-state index is 7.17. The summed E-state index contributed by atoms with van der Waals surface area (Å²) in [5.41, 5.74) is 0. The molecule has 0 fully saturated rings. The second-order valence-corrected chi connectivity index (χ2v) is 0.346. The van der Waals surface area contributed by atoms with Crippen molar-refractivity contribution in [2.45, 2.75) is 0 Å². The summed E-state index contributed by atoms with van der Waals surface area (Å²) in [6.07, 6.45) is 0. The van der Waals surface area contributed by atoms with E-state index in [1.165, 1.54) is 0 Å². The van der Waals surface area contributed by atoms with Crippen LogP contribution in [0.25, 0.3) is 0 Å². The monoisotopic (exact) mass is 124 g/mol. The topological polar surface area (TPSA) is 124 Å². The average Bonchev–Trinajstić information content (AvgIpc) is 0.811. The van der Waals surface area contributed by atoms with Gasteiger partial charge in [-0.05, 0) is 0 Å². The fraction of sp³-hybridized carbons (Fsp3) is 0. The van der Waals surface area contributed by atoms with Crippen molar-refractivity contribution < 1.29 is 28.9 Å². The molecule has 0 aromatic rings. The summed E-state index contributed by atoms with van der Waals surface area (Å²) in [6.45, 7) is 0. The van der Waals surface area contributed by atoms with E-state index in [4.69, 9.17) is 15.1 Å². The van der Waals surface area contributed by atoms with Gasteiger partial charge in [-0.2, -0.15) is 0 Å². The van der Waals surface area contributed by atoms with Crippen molar-refractivity contribution in [1.82, 2.24) is 0 Å². The molecule has 0 aromatic carbocycles. The third kappa shape index (κ3) is 357. The van der Waals surface area contributed by atoms with Crippen LogP contribution in [-0.2, 0) is 0 Å². The summed E-state index contributed by atoms with van der Waals surface area (Å²) in [4.78, 5) is 0. The first-order chi connectivity index (χ1) is 1.73. The Morgan fingerprint density at radius 3 is 1.00 bits per heavy atom. The van der Waals surface area contributed by atoms with Crippen LogP contribution in [0, 0.1) is 0 Å². The minimum Gasteiger partial charge on any atom is -1.00 e. The van der Waals surface area contributed by atoms with Crippen molar-refractivity contribution in [2.75, 3.05) is 0 Å². The molecule has 7 N–H and O–H groups in total. The molecule has 0 unspecified atom stereocenters. The standard InChI is InChI=1S/BH3O3.Mg.2H2O.2H/c2-1(3)4;;;;;/h2-4H;;2*1H2;;/q;+2;;;2*-1. The average molecular weight is 124 g/mol. The molecule has 0 aliphatic rings. The summed E-state index contributed by atoms with van der Waals surface area (Å²) in [7, 11) is -2.17. The van der Waals surface area contributed by atoms with Crippen LogP contribution >= 0.6 is 0 Å². The Hall–Kier alpha value is 0.631. The summed E-state index contributed by atoms with van der Waals surface area (Å²) in [5.74, 6) is 0. The van der Waals surface area contributed by atoms with Gasteiger partial charge in [-0.1, -0.05) is 0 Å². The van der Waals surface area contributed by atoms with Gasteiger partial charge in [0.25, 0.3) is 0 Å². The van der Waals surface area contributed by atoms with Gasteiger partial charge in [0.05, 0.1) is 0 Å². The van der Waals surface area contributed by atoms with E-state index in [1.54, 1.807) is 0 Å². The molecule has 44 valence electrons. The Morgan fingerprint density at radius 2 is 1.00 bits per heavy atom. The molecule has 0 atom stereocenters. The first-order valence-corrected chi connectivity index (χ1v) is 0.775. The van der Waals surface area contributed by atoms with Gasteiger partial charge < -0.3 is 28.9 Å². The molecule has 0 spiro atoms. The normalized spacial score (nSPS) is 3.86. The van der Waals surface area contributed by atoms with E-state index in [1.807, 2.05) is 0 Å². The minimum atomic E-state index is -2.17. The van der Waals surface area contributed by atoms with Crippen LogP contribution in [0.3, 0.4) is 0 Å². The Labute approximate surface area is 59.9 Å². The predicted octanol–water partition coefficient (Wildman–Crippen LogP) is -3.86. The van der Waals surface area contributed by atoms with Gasteiger partial charge in [-0.25, -0.2) is 0 Å². The van der Waals surface area contributed by atoms with E-state index in [0.29, 0.717) is 0 Å². The molecule has 0 amide bonds. The van der Waals surface area contributed by atoms with Crippen molar-refractivity contribution in [3.8, 4) is 0 Å². The van der Waals surface area contributed by atoms with Crippen molar-refractivity contribution in [1.29, 1.82) is 0 Å². The molecular formula is H9BMgO5. The molecule has 0 rings (SSSR count). The zero-order valence-corrected chi connectivity index (χ0v) is 5.04. The number of hydrogen-bond acceptors (Lipinski definition) is 3. The minimum absolute atomic E-state index is 0. The van der Waals surface area contributed by atoms with Crippen molar-refractivity contribution in [3.63, 3.8) is 0 Å². The SMILES string of the molecule is O.O.OB(O)O.[H-].[H-].[Mg+2]. The quantitative estimate of drug-likeness (QED) is 0.286. The molecule has 0 radical (unpaired) electrons. The van der Waals surface area contributed by atoms with Gasteiger partial charge >= 0.3 is 30.4 Å². The Kier molecular flexibility index (Phi) is 58.0. The molecule has 0 aromatic heterocycles. The molecule has 0 saturated heterocycles. The van der Waals surface area contributed by atoms with E-state index in [9.17, 15) is 0 Å². The van der Waals surface area contributed by atoms with Gasteiger partial charge in [-0.3, -0.25) is 0 Å². The van der Waals surface area contributed by atoms with E-state index in [-0.39, 0.29) is 36.9 Å². The summed E-state index contributed by atoms with van der Waals surface area (Å²) in [5, 5.41) is 21.5. The number of hydrogen-bond donors (Lipinski definition) is 3. The zero-order chi connectivity index (χ0) is 3.58. The Bertz CT molecular complexity index is 19.7. The van der Waals surface area contributed by atoms with Gasteiger partial charge in [0.2, 0.25) is 0 Å². The fourth-order valence-corrected chi connectivity index (χ4v) is 0. The molecule has 0 saturated carbocycles. The summed E-state index contributed by atoms with van der Waals surface area (Å²) in [6, 6.07) is 0. The van der Waals surface area contributed by atoms with Gasteiger partial charge in [0.15, 0.2) is 0 Å². The largest absolute Gasteiger partial charge is 2.00 e. The summed E-state index contributed by atoms with van der Waals surface area (Å²) >= 11 is 0. The zero-order valence-electron chi connectivity index (χ0n) is 5.63. The molecule has 5 nitrogen and oxygen atoms in total. The molecule has 7 heteroatoms. The van der Waals surface area contributed by atoms with E-state index in [0.717, 1.165) is 0 Å². The third-order valence-corrected chi connectivity index (χ3v) is 0. The third-order valence-electron chi connectivity index (χ3n) is 0. The smallest absolute Gasteiger partial charge is 1.00 e. The van der Waals surface area contributed by atoms with Gasteiger partial charge in [0.1, 0.15) is 0 Å². The van der Waals surface area contributed by atoms with Gasteiger partial charge in [-0.15, -0.1) is 0 Å². The van der Waals surface area contributed by atoms with Crippen LogP contribution in [0.1, 0.15) is 2.85 Å². The Morgan fingerprint density at radius 1 is 1.00 bits per heavy atom. The first-order valence-electron chi connectivity index (χ1n) is 0.775. The maximum absolute atomic E-state index is 7.17. The van der Waals surface area contributed by atoms with Crippen LogP contribution in [0.2, 0.25) is 0 Å². The van der Waals surface area contributed by atoms with E-state index >= 15 is 0 Å². The fourth-order valence-electron chi connectivity index (χ4n) is 0. The van der Waals surface area contributed by atoms with Crippen LogP contribution in [0.4, 0.5) is 0 Å². The Balaban J connectivity index is -0.00000000450. The number of rotatable bonds is 0. The van der Waals surface area contributed by atoms with Crippen LogP contribution < -0.4 is 0 Å². The molecular weight excluding hydrogens is 115 g/mol. The van der Waals surface area contributed by atoms with Crippen molar-refractivity contribution >= 4 is 30.4 Å². The van der Waals surface area contributed by atoms with Crippen molar-refractivity contribution in [2.24, 2.45) is 0 Å². The van der Waals surface area contributed by atoms with E-state index in [2.05, 4.69) is 0 Å². The molecule has 0 aliphatic carbocycles. The second kappa shape index (κ2) is 15.9. The maximum Gasteiger partial charge on any atom is 2.00 e. The van der Waals surface area contributed by atoms with Crippen molar-refractivity contribution in [3.05, 3.63) is 0 Å². The molecule has 0 bridgehead atoms. The summed E-state index contributed by atoms with van der Waals surface area (Å²) < 4.78 is 0. The van der Waals surface area contributed by atoms with E-state index < -0.39 is 7.32 Å². The van der Waals surface area contributed by atoms with Gasteiger partial charge in [0, 0.05) is 0 Å². The second-order valence-electron chi connectivity index (χ2n) is 0.346. The first kappa shape index (κ1) is 25.4. The molecule has 0 aliphatic heterocycles. The molecule has 0 heterocycles. The predicted molar refractivity (Wildman–Crippen MR) is 27.6 cm³/mol. The van der Waals surface area contributed by atoms with Crippen LogP contribution in [-0.4, -0.2) is 56.4 Å². The van der Waals surface area contributed by atoms with Crippen LogP contribution in [0.5, 0.6) is 0 Å². The molecule has 7 heavy (non-hydrogen) atoms.